The van der Waals surface area contributed by atoms with Crippen LogP contribution in [0.1, 0.15) is 17.2 Å². The van der Waals surface area contributed by atoms with E-state index in [2.05, 4.69) is 0 Å². The number of nitrogens with zero attached hydrogens (tertiary/aromatic N) is 1. The third-order valence-corrected chi connectivity index (χ3v) is 4.20. The second kappa shape index (κ2) is 6.82. The second-order valence-electron chi connectivity index (χ2n) is 5.85. The van der Waals surface area contributed by atoms with Gasteiger partial charge in [0.1, 0.15) is 30.5 Å². The van der Waals surface area contributed by atoms with Crippen LogP contribution in [0.4, 0.5) is 0 Å². The first-order valence-corrected chi connectivity index (χ1v) is 7.60. The van der Waals surface area contributed by atoms with Gasteiger partial charge in [-0.15, -0.1) is 0 Å². The van der Waals surface area contributed by atoms with Crippen molar-refractivity contribution in [2.75, 3.05) is 6.61 Å². The molecule has 6 heteroatoms. The van der Waals surface area contributed by atoms with Crippen LogP contribution >= 0.6 is 0 Å². The Morgan fingerprint density at radius 3 is 2.39 bits per heavy atom. The molecule has 0 radical (unpaired) electrons. The molecule has 0 saturated carbocycles. The highest BCUT2D eigenvalue weighted by molar-refractivity contribution is 5.27. The SMILES string of the molecule is OC[C@H]1O[C@@H](c2cccc(Cn3cccc3)c2)[C@H](O)[C@@H](O)[C@@H]1O. The van der Waals surface area contributed by atoms with Crippen molar-refractivity contribution in [3.05, 3.63) is 59.9 Å². The van der Waals surface area contributed by atoms with E-state index in [1.807, 2.05) is 47.3 Å². The van der Waals surface area contributed by atoms with Crippen LogP contribution in [0.15, 0.2) is 48.8 Å². The van der Waals surface area contributed by atoms with Gasteiger partial charge in [-0.25, -0.2) is 0 Å². The summed E-state index contributed by atoms with van der Waals surface area (Å²) in [5.41, 5.74) is 1.72. The number of aliphatic hydroxyl groups excluding tert-OH is 4. The van der Waals surface area contributed by atoms with E-state index in [1.54, 1.807) is 6.07 Å². The van der Waals surface area contributed by atoms with Gasteiger partial charge in [0.05, 0.1) is 6.61 Å². The maximum absolute atomic E-state index is 10.2. The fraction of sp³-hybridized carbons (Fsp3) is 0.412. The smallest absolute Gasteiger partial charge is 0.113 e. The van der Waals surface area contributed by atoms with Crippen molar-refractivity contribution in [2.24, 2.45) is 0 Å². The molecule has 0 amide bonds. The Bertz CT molecular complexity index is 628. The molecule has 1 fully saturated rings. The normalized spacial score (nSPS) is 31.2. The first-order chi connectivity index (χ1) is 11.1. The molecule has 1 aromatic heterocycles. The molecule has 1 aromatic carbocycles. The molecule has 0 aliphatic carbocycles. The topological polar surface area (TPSA) is 95.1 Å². The Labute approximate surface area is 134 Å². The lowest BCUT2D eigenvalue weighted by atomic mass is 9.90. The summed E-state index contributed by atoms with van der Waals surface area (Å²) >= 11 is 0. The van der Waals surface area contributed by atoms with Crippen molar-refractivity contribution in [1.29, 1.82) is 0 Å². The van der Waals surface area contributed by atoms with Crippen LogP contribution in [-0.2, 0) is 11.3 Å². The van der Waals surface area contributed by atoms with Gasteiger partial charge in [-0.2, -0.15) is 0 Å². The summed E-state index contributed by atoms with van der Waals surface area (Å²) in [7, 11) is 0. The zero-order valence-corrected chi connectivity index (χ0v) is 12.6. The molecule has 0 unspecified atom stereocenters. The van der Waals surface area contributed by atoms with Crippen molar-refractivity contribution in [1.82, 2.24) is 4.57 Å². The monoisotopic (exact) mass is 319 g/mol. The van der Waals surface area contributed by atoms with E-state index < -0.39 is 37.1 Å². The van der Waals surface area contributed by atoms with Gasteiger partial charge in [0.15, 0.2) is 0 Å². The average Bonchev–Trinajstić information content (AvgIpc) is 3.06. The highest BCUT2D eigenvalue weighted by atomic mass is 16.5. The predicted molar refractivity (Wildman–Crippen MR) is 82.7 cm³/mol. The summed E-state index contributed by atoms with van der Waals surface area (Å²) in [5, 5.41) is 39.2. The summed E-state index contributed by atoms with van der Waals surface area (Å²) in [6, 6.07) is 11.4. The lowest BCUT2D eigenvalue weighted by Crippen LogP contribution is -2.55. The molecule has 1 saturated heterocycles. The lowest BCUT2D eigenvalue weighted by molar-refractivity contribution is -0.231. The van der Waals surface area contributed by atoms with Crippen LogP contribution in [0.5, 0.6) is 0 Å². The molecule has 1 aliphatic rings. The summed E-state index contributed by atoms with van der Waals surface area (Å²) in [6.07, 6.45) is -1.73. The van der Waals surface area contributed by atoms with Crippen LogP contribution in [0.25, 0.3) is 0 Å². The molecule has 6 nitrogen and oxygen atoms in total. The maximum Gasteiger partial charge on any atom is 0.113 e. The highest BCUT2D eigenvalue weighted by Gasteiger charge is 2.43. The van der Waals surface area contributed by atoms with Gasteiger partial charge in [0.2, 0.25) is 0 Å². The van der Waals surface area contributed by atoms with Gasteiger partial charge in [-0.3, -0.25) is 0 Å². The number of rotatable bonds is 4. The third-order valence-electron chi connectivity index (χ3n) is 4.20. The largest absolute Gasteiger partial charge is 0.394 e. The third kappa shape index (κ3) is 3.31. The van der Waals surface area contributed by atoms with E-state index in [0.717, 1.165) is 5.56 Å². The molecule has 3 rings (SSSR count). The molecule has 124 valence electrons. The molecule has 1 aliphatic heterocycles. The standard InChI is InChI=1S/C17H21NO5/c19-10-13-14(20)15(21)16(22)17(23-13)12-5-3-4-11(8-12)9-18-6-1-2-7-18/h1-8,13-17,19-22H,9-10H2/t13-,14-,15+,16-,17+/m1/s1. The van der Waals surface area contributed by atoms with E-state index in [4.69, 9.17) is 4.74 Å². The number of ether oxygens (including phenoxy) is 1. The Balaban J connectivity index is 1.82. The fourth-order valence-electron chi connectivity index (χ4n) is 2.93. The van der Waals surface area contributed by atoms with Crippen LogP contribution in [0.2, 0.25) is 0 Å². The molecule has 0 spiro atoms. The minimum atomic E-state index is -1.36. The van der Waals surface area contributed by atoms with Gasteiger partial charge in [0.25, 0.3) is 0 Å². The zero-order valence-electron chi connectivity index (χ0n) is 12.6. The quantitative estimate of drug-likeness (QED) is 0.639. The summed E-state index contributed by atoms with van der Waals surface area (Å²) in [5.74, 6) is 0. The Hall–Kier alpha value is -1.70. The van der Waals surface area contributed by atoms with Gasteiger partial charge >= 0.3 is 0 Å². The minimum Gasteiger partial charge on any atom is -0.394 e. The molecule has 2 heterocycles. The van der Waals surface area contributed by atoms with Crippen molar-refractivity contribution in [3.8, 4) is 0 Å². The van der Waals surface area contributed by atoms with Gasteiger partial charge in [-0.1, -0.05) is 24.3 Å². The number of benzene rings is 1. The number of aliphatic hydroxyl groups is 4. The van der Waals surface area contributed by atoms with E-state index in [-0.39, 0.29) is 0 Å². The van der Waals surface area contributed by atoms with E-state index in [0.29, 0.717) is 12.1 Å². The van der Waals surface area contributed by atoms with E-state index >= 15 is 0 Å². The molecule has 4 N–H and O–H groups in total. The van der Waals surface area contributed by atoms with Gasteiger partial charge < -0.3 is 29.7 Å². The Kier molecular flexibility index (Phi) is 4.79. The van der Waals surface area contributed by atoms with E-state index in [1.165, 1.54) is 0 Å². The molecular formula is C17H21NO5. The first kappa shape index (κ1) is 16.2. The number of hydrogen-bond acceptors (Lipinski definition) is 5. The van der Waals surface area contributed by atoms with Crippen LogP contribution in [-0.4, -0.2) is 56.0 Å². The Morgan fingerprint density at radius 2 is 1.70 bits per heavy atom. The number of hydrogen-bond donors (Lipinski definition) is 4. The zero-order chi connectivity index (χ0) is 16.4. The lowest BCUT2D eigenvalue weighted by Gasteiger charge is -2.40. The van der Waals surface area contributed by atoms with Crippen molar-refractivity contribution < 1.29 is 25.2 Å². The van der Waals surface area contributed by atoms with Crippen molar-refractivity contribution in [3.63, 3.8) is 0 Å². The van der Waals surface area contributed by atoms with Crippen molar-refractivity contribution >= 4 is 0 Å². The predicted octanol–water partition coefficient (Wildman–Crippen LogP) is 0.0513. The molecule has 0 bridgehead atoms. The second-order valence-corrected chi connectivity index (χ2v) is 5.85. The summed E-state index contributed by atoms with van der Waals surface area (Å²) in [4.78, 5) is 0. The number of aromatic nitrogens is 1. The minimum absolute atomic E-state index is 0.426. The van der Waals surface area contributed by atoms with Gasteiger partial charge in [-0.05, 0) is 23.3 Å². The van der Waals surface area contributed by atoms with Crippen molar-refractivity contribution in [2.45, 2.75) is 37.1 Å². The maximum atomic E-state index is 10.2. The molecular weight excluding hydrogens is 298 g/mol. The Morgan fingerprint density at radius 1 is 0.957 bits per heavy atom. The van der Waals surface area contributed by atoms with Crippen LogP contribution in [0, 0.1) is 0 Å². The summed E-state index contributed by atoms with van der Waals surface area (Å²) in [6.45, 7) is 0.253. The van der Waals surface area contributed by atoms with E-state index in [9.17, 15) is 20.4 Å². The first-order valence-electron chi connectivity index (χ1n) is 7.60. The van der Waals surface area contributed by atoms with Gasteiger partial charge in [0, 0.05) is 18.9 Å². The molecule has 23 heavy (non-hydrogen) atoms. The van der Waals surface area contributed by atoms with Crippen LogP contribution < -0.4 is 0 Å². The molecule has 2 aromatic rings. The molecule has 5 atom stereocenters. The fourth-order valence-corrected chi connectivity index (χ4v) is 2.93. The van der Waals surface area contributed by atoms with Crippen LogP contribution in [0.3, 0.4) is 0 Å². The highest BCUT2D eigenvalue weighted by Crippen LogP contribution is 2.32. The summed E-state index contributed by atoms with van der Waals surface area (Å²) < 4.78 is 7.61. The average molecular weight is 319 g/mol.